The fourth-order valence-corrected chi connectivity index (χ4v) is 2.64. The zero-order chi connectivity index (χ0) is 12.4. The average Bonchev–Trinajstić information content (AvgIpc) is 2.82. The molecule has 3 rings (SSSR count). The van der Waals surface area contributed by atoms with Gasteiger partial charge >= 0.3 is 0 Å². The lowest BCUT2D eigenvalue weighted by Gasteiger charge is -2.25. The number of benzene rings is 1. The largest absolute Gasteiger partial charge is 0.370 e. The number of hydrogen-bond donors (Lipinski definition) is 1. The van der Waals surface area contributed by atoms with Crippen molar-refractivity contribution >= 4 is 5.82 Å². The van der Waals surface area contributed by atoms with Crippen molar-refractivity contribution in [2.24, 2.45) is 0 Å². The van der Waals surface area contributed by atoms with Crippen LogP contribution in [0.1, 0.15) is 37.1 Å². The molecular formula is C15H19N3. The van der Waals surface area contributed by atoms with Gasteiger partial charge < -0.3 is 5.32 Å². The average molecular weight is 241 g/mol. The van der Waals surface area contributed by atoms with Crippen molar-refractivity contribution in [3.63, 3.8) is 0 Å². The Kier molecular flexibility index (Phi) is 3.05. The molecule has 94 valence electrons. The first kappa shape index (κ1) is 11.3. The van der Waals surface area contributed by atoms with E-state index in [0.29, 0.717) is 6.04 Å². The highest BCUT2D eigenvalue weighted by Crippen LogP contribution is 2.29. The van der Waals surface area contributed by atoms with Crippen molar-refractivity contribution in [2.45, 2.75) is 32.2 Å². The van der Waals surface area contributed by atoms with Crippen LogP contribution in [0, 0.1) is 0 Å². The lowest BCUT2D eigenvalue weighted by molar-refractivity contribution is 0.478. The molecular weight excluding hydrogens is 222 g/mol. The molecule has 0 saturated carbocycles. The fraction of sp³-hybridized carbons (Fsp3) is 0.400. The first-order valence-electron chi connectivity index (χ1n) is 6.75. The standard InChI is InChI=1S/C15H19N3/c1-2-6-13-11-15-16-10-9-14(18(15)17-13)12-7-4-3-5-8-12/h3-5,7-8,11,14,16H,2,6,9-10H2,1H3. The molecule has 1 aliphatic rings. The van der Waals surface area contributed by atoms with E-state index in [2.05, 4.69) is 53.3 Å². The molecule has 1 atom stereocenters. The van der Waals surface area contributed by atoms with Crippen molar-refractivity contribution in [3.8, 4) is 0 Å². The highest BCUT2D eigenvalue weighted by Gasteiger charge is 2.22. The van der Waals surface area contributed by atoms with Gasteiger partial charge in [0.15, 0.2) is 0 Å². The predicted molar refractivity (Wildman–Crippen MR) is 73.9 cm³/mol. The van der Waals surface area contributed by atoms with Crippen molar-refractivity contribution < 1.29 is 0 Å². The molecule has 1 aromatic heterocycles. The normalized spacial score (nSPS) is 18.2. The third-order valence-electron chi connectivity index (χ3n) is 3.50. The van der Waals surface area contributed by atoms with E-state index in [1.54, 1.807) is 0 Å². The summed E-state index contributed by atoms with van der Waals surface area (Å²) in [7, 11) is 0. The number of fused-ring (bicyclic) bond motifs is 1. The third kappa shape index (κ3) is 2.01. The molecule has 1 N–H and O–H groups in total. The van der Waals surface area contributed by atoms with Crippen molar-refractivity contribution in [2.75, 3.05) is 11.9 Å². The van der Waals surface area contributed by atoms with E-state index in [0.717, 1.165) is 25.8 Å². The van der Waals surface area contributed by atoms with Gasteiger partial charge in [-0.15, -0.1) is 0 Å². The monoisotopic (exact) mass is 241 g/mol. The van der Waals surface area contributed by atoms with Gasteiger partial charge in [0.1, 0.15) is 5.82 Å². The van der Waals surface area contributed by atoms with E-state index < -0.39 is 0 Å². The number of nitrogens with zero attached hydrogens (tertiary/aromatic N) is 2. The first-order chi connectivity index (χ1) is 8.88. The van der Waals surface area contributed by atoms with E-state index in [1.807, 2.05) is 0 Å². The summed E-state index contributed by atoms with van der Waals surface area (Å²) in [5, 5.41) is 8.19. The molecule has 1 aliphatic heterocycles. The van der Waals surface area contributed by atoms with E-state index in [4.69, 9.17) is 5.10 Å². The molecule has 18 heavy (non-hydrogen) atoms. The van der Waals surface area contributed by atoms with Crippen molar-refractivity contribution in [1.82, 2.24) is 9.78 Å². The third-order valence-corrected chi connectivity index (χ3v) is 3.50. The van der Waals surface area contributed by atoms with Gasteiger partial charge in [0.2, 0.25) is 0 Å². The van der Waals surface area contributed by atoms with Crippen LogP contribution in [0.4, 0.5) is 5.82 Å². The fourth-order valence-electron chi connectivity index (χ4n) is 2.64. The predicted octanol–water partition coefficient (Wildman–Crippen LogP) is 3.24. The Morgan fingerprint density at radius 1 is 1.33 bits per heavy atom. The molecule has 0 amide bonds. The van der Waals surface area contributed by atoms with E-state index in [1.165, 1.54) is 17.1 Å². The first-order valence-corrected chi connectivity index (χ1v) is 6.75. The number of nitrogens with one attached hydrogen (secondary N) is 1. The second-order valence-electron chi connectivity index (χ2n) is 4.86. The van der Waals surface area contributed by atoms with Crippen LogP contribution in [-0.2, 0) is 6.42 Å². The lowest BCUT2D eigenvalue weighted by Crippen LogP contribution is -2.24. The maximum atomic E-state index is 4.75. The molecule has 3 heteroatoms. The van der Waals surface area contributed by atoms with Crippen molar-refractivity contribution in [1.29, 1.82) is 0 Å². The maximum absolute atomic E-state index is 4.75. The Morgan fingerprint density at radius 3 is 2.94 bits per heavy atom. The second-order valence-corrected chi connectivity index (χ2v) is 4.86. The van der Waals surface area contributed by atoms with Crippen molar-refractivity contribution in [3.05, 3.63) is 47.7 Å². The summed E-state index contributed by atoms with van der Waals surface area (Å²) in [5.74, 6) is 1.17. The van der Waals surface area contributed by atoms with Gasteiger partial charge in [0, 0.05) is 12.6 Å². The van der Waals surface area contributed by atoms with Crippen LogP contribution in [0.15, 0.2) is 36.4 Å². The van der Waals surface area contributed by atoms with Crippen LogP contribution in [0.5, 0.6) is 0 Å². The summed E-state index contributed by atoms with van der Waals surface area (Å²) in [6, 6.07) is 13.2. The highest BCUT2D eigenvalue weighted by atomic mass is 15.4. The quantitative estimate of drug-likeness (QED) is 0.894. The molecule has 3 nitrogen and oxygen atoms in total. The molecule has 0 radical (unpaired) electrons. The molecule has 2 aromatic rings. The van der Waals surface area contributed by atoms with E-state index in [-0.39, 0.29) is 0 Å². The second kappa shape index (κ2) is 4.84. The number of aromatic nitrogens is 2. The Bertz CT molecular complexity index is 516. The van der Waals surface area contributed by atoms with Gasteiger partial charge in [-0.1, -0.05) is 43.7 Å². The van der Waals surface area contributed by atoms with Gasteiger partial charge in [0.05, 0.1) is 11.7 Å². The molecule has 1 aromatic carbocycles. The van der Waals surface area contributed by atoms with Gasteiger partial charge in [-0.2, -0.15) is 5.10 Å². The summed E-state index contributed by atoms with van der Waals surface area (Å²) in [6.45, 7) is 3.22. The topological polar surface area (TPSA) is 29.9 Å². The van der Waals surface area contributed by atoms with Crippen LogP contribution in [0.25, 0.3) is 0 Å². The zero-order valence-corrected chi connectivity index (χ0v) is 10.8. The Balaban J connectivity index is 1.96. The minimum absolute atomic E-state index is 0.382. The molecule has 1 unspecified atom stereocenters. The summed E-state index contributed by atoms with van der Waals surface area (Å²) >= 11 is 0. The van der Waals surface area contributed by atoms with Crippen LogP contribution in [-0.4, -0.2) is 16.3 Å². The zero-order valence-electron chi connectivity index (χ0n) is 10.8. The van der Waals surface area contributed by atoms with Gasteiger partial charge in [0.25, 0.3) is 0 Å². The SMILES string of the molecule is CCCc1cc2n(n1)C(c1ccccc1)CCN2. The Morgan fingerprint density at radius 2 is 2.17 bits per heavy atom. The summed E-state index contributed by atoms with van der Waals surface area (Å²) in [6.07, 6.45) is 3.31. The molecule has 0 saturated heterocycles. The molecule has 0 aliphatic carbocycles. The Labute approximate surface area is 108 Å². The van der Waals surface area contributed by atoms with E-state index in [9.17, 15) is 0 Å². The summed E-state index contributed by atoms with van der Waals surface area (Å²) in [4.78, 5) is 0. The van der Waals surface area contributed by atoms with Crippen LogP contribution < -0.4 is 5.32 Å². The number of anilines is 1. The summed E-state index contributed by atoms with van der Waals surface area (Å²) < 4.78 is 2.16. The number of hydrogen-bond acceptors (Lipinski definition) is 2. The van der Waals surface area contributed by atoms with Gasteiger partial charge in [-0.3, -0.25) is 0 Å². The van der Waals surface area contributed by atoms with E-state index >= 15 is 0 Å². The minimum atomic E-state index is 0.382. The van der Waals surface area contributed by atoms with Gasteiger partial charge in [-0.05, 0) is 18.4 Å². The highest BCUT2D eigenvalue weighted by molar-refractivity contribution is 5.41. The lowest BCUT2D eigenvalue weighted by atomic mass is 10.0. The molecule has 0 bridgehead atoms. The Hall–Kier alpha value is -1.77. The minimum Gasteiger partial charge on any atom is -0.370 e. The van der Waals surface area contributed by atoms with Crippen LogP contribution in [0.2, 0.25) is 0 Å². The van der Waals surface area contributed by atoms with Crippen LogP contribution >= 0.6 is 0 Å². The molecule has 2 heterocycles. The molecule has 0 spiro atoms. The van der Waals surface area contributed by atoms with Gasteiger partial charge in [-0.25, -0.2) is 4.68 Å². The number of rotatable bonds is 3. The summed E-state index contributed by atoms with van der Waals surface area (Å²) in [5.41, 5.74) is 2.55. The maximum Gasteiger partial charge on any atom is 0.125 e. The molecule has 0 fully saturated rings. The smallest absolute Gasteiger partial charge is 0.125 e. The number of aryl methyl sites for hydroxylation is 1. The van der Waals surface area contributed by atoms with Crippen LogP contribution in [0.3, 0.4) is 0 Å².